The van der Waals surface area contributed by atoms with Gasteiger partial charge in [0.2, 0.25) is 10.0 Å². The van der Waals surface area contributed by atoms with Crippen LogP contribution in [0.3, 0.4) is 0 Å². The Kier molecular flexibility index (Phi) is 5.85. The molecular formula is C18H24N2O6S. The number of rotatable bonds is 6. The van der Waals surface area contributed by atoms with Crippen molar-refractivity contribution < 1.29 is 22.7 Å². The summed E-state index contributed by atoms with van der Waals surface area (Å²) in [6.45, 7) is 4.33. The first-order valence-electron chi connectivity index (χ1n) is 8.75. The first-order valence-corrected chi connectivity index (χ1v) is 10.6. The van der Waals surface area contributed by atoms with Crippen LogP contribution in [0.2, 0.25) is 0 Å². The van der Waals surface area contributed by atoms with Crippen molar-refractivity contribution in [2.24, 2.45) is 0 Å². The van der Waals surface area contributed by atoms with Crippen LogP contribution in [0.5, 0.6) is 5.75 Å². The molecule has 27 heavy (non-hydrogen) atoms. The number of aliphatic hydroxyl groups excluding tert-OH is 1. The van der Waals surface area contributed by atoms with E-state index in [1.54, 1.807) is 12.1 Å². The summed E-state index contributed by atoms with van der Waals surface area (Å²) < 4.78 is 35.3. The molecule has 9 heteroatoms. The minimum Gasteiger partial charge on any atom is -0.491 e. The van der Waals surface area contributed by atoms with E-state index >= 15 is 0 Å². The van der Waals surface area contributed by atoms with Crippen molar-refractivity contribution >= 4 is 21.0 Å². The number of hydrogen-bond donors (Lipinski definition) is 1. The average molecular weight is 396 g/mol. The molecule has 1 aromatic heterocycles. The minimum absolute atomic E-state index is 0.0911. The number of aliphatic hydroxyl groups is 1. The van der Waals surface area contributed by atoms with Crippen LogP contribution in [0.1, 0.15) is 5.56 Å². The standard InChI is InChI=1S/C18H24N2O6S/c1-13-9-18(22)26-17-10-15(3-4-16(13)17)25-12-14(21)11-19-5-7-20(8-6-19)27(2,23)24/h3-4,9-10,14,21H,5-8,11-12H2,1-2H3/t14-/m1/s1. The average Bonchev–Trinajstić information content (AvgIpc) is 2.59. The molecule has 2 aromatic rings. The number of sulfonamides is 1. The van der Waals surface area contributed by atoms with Crippen molar-refractivity contribution in [3.63, 3.8) is 0 Å². The van der Waals surface area contributed by atoms with E-state index in [0.717, 1.165) is 10.9 Å². The molecule has 0 unspecified atom stereocenters. The topological polar surface area (TPSA) is 100 Å². The lowest BCUT2D eigenvalue weighted by Gasteiger charge is -2.34. The molecule has 1 aliphatic rings. The highest BCUT2D eigenvalue weighted by Gasteiger charge is 2.24. The van der Waals surface area contributed by atoms with Gasteiger partial charge in [0.25, 0.3) is 0 Å². The smallest absolute Gasteiger partial charge is 0.336 e. The van der Waals surface area contributed by atoms with Crippen LogP contribution in [-0.2, 0) is 10.0 Å². The highest BCUT2D eigenvalue weighted by Crippen LogP contribution is 2.22. The number of fused-ring (bicyclic) bond motifs is 1. The number of β-amino-alcohol motifs (C(OH)–C–C–N with tert-alkyl or cyclic N) is 1. The summed E-state index contributed by atoms with van der Waals surface area (Å²) in [7, 11) is -3.16. The highest BCUT2D eigenvalue weighted by molar-refractivity contribution is 7.88. The van der Waals surface area contributed by atoms with Crippen LogP contribution in [0.25, 0.3) is 11.0 Å². The van der Waals surface area contributed by atoms with Crippen molar-refractivity contribution in [1.82, 2.24) is 9.21 Å². The Balaban J connectivity index is 1.53. The summed E-state index contributed by atoms with van der Waals surface area (Å²) in [4.78, 5) is 13.5. The molecule has 0 aliphatic carbocycles. The second-order valence-electron chi connectivity index (χ2n) is 6.83. The molecule has 0 bridgehead atoms. The lowest BCUT2D eigenvalue weighted by Crippen LogP contribution is -2.50. The van der Waals surface area contributed by atoms with Crippen molar-refractivity contribution in [3.05, 3.63) is 40.2 Å². The third-order valence-corrected chi connectivity index (χ3v) is 5.94. The third-order valence-electron chi connectivity index (χ3n) is 4.63. The van der Waals surface area contributed by atoms with Crippen LogP contribution in [-0.4, -0.2) is 74.4 Å². The van der Waals surface area contributed by atoms with Crippen LogP contribution >= 0.6 is 0 Å². The lowest BCUT2D eigenvalue weighted by molar-refractivity contribution is 0.0570. The van der Waals surface area contributed by atoms with Gasteiger partial charge in [-0.05, 0) is 24.6 Å². The Morgan fingerprint density at radius 3 is 2.59 bits per heavy atom. The van der Waals surface area contributed by atoms with Crippen LogP contribution in [0, 0.1) is 6.92 Å². The monoisotopic (exact) mass is 396 g/mol. The molecule has 3 rings (SSSR count). The molecule has 0 amide bonds. The van der Waals surface area contributed by atoms with E-state index in [0.29, 0.717) is 44.1 Å². The first kappa shape index (κ1) is 19.8. The zero-order valence-electron chi connectivity index (χ0n) is 15.4. The number of ether oxygens (including phenoxy) is 1. The van der Waals surface area contributed by atoms with Gasteiger partial charge < -0.3 is 14.3 Å². The second kappa shape index (κ2) is 7.97. The SMILES string of the molecule is Cc1cc(=O)oc2cc(OC[C@H](O)CN3CCN(S(C)(=O)=O)CC3)ccc12. The van der Waals surface area contributed by atoms with Gasteiger partial charge >= 0.3 is 5.63 Å². The number of aryl methyl sites for hydroxylation is 1. The maximum absolute atomic E-state index is 11.5. The molecule has 2 heterocycles. The van der Waals surface area contributed by atoms with Gasteiger partial charge in [-0.3, -0.25) is 4.90 Å². The van der Waals surface area contributed by atoms with E-state index in [1.807, 2.05) is 17.9 Å². The largest absolute Gasteiger partial charge is 0.491 e. The molecule has 1 fully saturated rings. The van der Waals surface area contributed by atoms with E-state index in [2.05, 4.69) is 0 Å². The fourth-order valence-electron chi connectivity index (χ4n) is 3.18. The van der Waals surface area contributed by atoms with Gasteiger partial charge in [0, 0.05) is 50.2 Å². The lowest BCUT2D eigenvalue weighted by atomic mass is 10.1. The third kappa shape index (κ3) is 5.07. The van der Waals surface area contributed by atoms with Crippen LogP contribution in [0.15, 0.2) is 33.5 Å². The molecule has 8 nitrogen and oxygen atoms in total. The van der Waals surface area contributed by atoms with Crippen molar-refractivity contribution in [2.45, 2.75) is 13.0 Å². The Labute approximate surface area is 158 Å². The maximum atomic E-state index is 11.5. The van der Waals surface area contributed by atoms with E-state index < -0.39 is 21.8 Å². The predicted molar refractivity (Wildman–Crippen MR) is 102 cm³/mol. The summed E-state index contributed by atoms with van der Waals surface area (Å²) in [6.07, 6.45) is 0.494. The molecule has 1 N–H and O–H groups in total. The van der Waals surface area contributed by atoms with Crippen molar-refractivity contribution in [2.75, 3.05) is 45.6 Å². The number of nitrogens with zero attached hydrogens (tertiary/aromatic N) is 2. The van der Waals surface area contributed by atoms with E-state index in [-0.39, 0.29) is 6.61 Å². The Morgan fingerprint density at radius 1 is 1.22 bits per heavy atom. The minimum atomic E-state index is -3.16. The molecule has 0 radical (unpaired) electrons. The quantitative estimate of drug-likeness (QED) is 0.706. The van der Waals surface area contributed by atoms with Gasteiger partial charge in [0.1, 0.15) is 24.0 Å². The van der Waals surface area contributed by atoms with Gasteiger partial charge in [0.15, 0.2) is 0 Å². The molecule has 148 valence electrons. The first-order chi connectivity index (χ1) is 12.7. The molecule has 0 saturated carbocycles. The number of piperazine rings is 1. The summed E-state index contributed by atoms with van der Waals surface area (Å²) in [5.74, 6) is 0.511. The summed E-state index contributed by atoms with van der Waals surface area (Å²) in [6, 6.07) is 6.67. The summed E-state index contributed by atoms with van der Waals surface area (Å²) in [5, 5.41) is 11.1. The maximum Gasteiger partial charge on any atom is 0.336 e. The molecular weight excluding hydrogens is 372 g/mol. The fraction of sp³-hybridized carbons (Fsp3) is 0.500. The van der Waals surface area contributed by atoms with Gasteiger partial charge in [-0.1, -0.05) is 0 Å². The van der Waals surface area contributed by atoms with Crippen LogP contribution in [0.4, 0.5) is 0 Å². The Morgan fingerprint density at radius 2 is 1.93 bits per heavy atom. The van der Waals surface area contributed by atoms with Gasteiger partial charge in [-0.2, -0.15) is 4.31 Å². The zero-order valence-corrected chi connectivity index (χ0v) is 16.2. The molecule has 1 aliphatic heterocycles. The van der Waals surface area contributed by atoms with E-state index in [1.165, 1.54) is 16.6 Å². The molecule has 0 spiro atoms. The fourth-order valence-corrected chi connectivity index (χ4v) is 4.01. The van der Waals surface area contributed by atoms with Gasteiger partial charge in [0.05, 0.1) is 6.26 Å². The Hall–Kier alpha value is -1.94. The van der Waals surface area contributed by atoms with Crippen LogP contribution < -0.4 is 10.4 Å². The number of benzene rings is 1. The highest BCUT2D eigenvalue weighted by atomic mass is 32.2. The normalized spacial score (nSPS) is 17.9. The Bertz CT molecular complexity index is 963. The van der Waals surface area contributed by atoms with Crippen molar-refractivity contribution in [3.8, 4) is 5.75 Å². The van der Waals surface area contributed by atoms with Gasteiger partial charge in [-0.25, -0.2) is 13.2 Å². The van der Waals surface area contributed by atoms with Crippen molar-refractivity contribution in [1.29, 1.82) is 0 Å². The summed E-state index contributed by atoms with van der Waals surface area (Å²) >= 11 is 0. The summed E-state index contributed by atoms with van der Waals surface area (Å²) in [5.41, 5.74) is 0.871. The van der Waals surface area contributed by atoms with E-state index in [9.17, 15) is 18.3 Å². The van der Waals surface area contributed by atoms with E-state index in [4.69, 9.17) is 9.15 Å². The molecule has 1 saturated heterocycles. The second-order valence-corrected chi connectivity index (χ2v) is 8.82. The predicted octanol–water partition coefficient (Wildman–Crippen LogP) is 0.418. The molecule has 1 atom stereocenters. The molecule has 1 aromatic carbocycles. The van der Waals surface area contributed by atoms with Gasteiger partial charge in [-0.15, -0.1) is 0 Å². The zero-order chi connectivity index (χ0) is 19.6. The number of hydrogen-bond acceptors (Lipinski definition) is 7.